The predicted molar refractivity (Wildman–Crippen MR) is 64.4 cm³/mol. The summed E-state index contributed by atoms with van der Waals surface area (Å²) in [5.41, 5.74) is 0.451. The molecule has 0 aliphatic heterocycles. The fourth-order valence-electron chi connectivity index (χ4n) is 1.37. The van der Waals surface area contributed by atoms with Crippen molar-refractivity contribution in [2.24, 2.45) is 0 Å². The molecule has 17 heavy (non-hydrogen) atoms. The van der Waals surface area contributed by atoms with Gasteiger partial charge < -0.3 is 10.1 Å². The second-order valence-electron chi connectivity index (χ2n) is 3.56. The summed E-state index contributed by atoms with van der Waals surface area (Å²) in [6.45, 7) is 0.965. The van der Waals surface area contributed by atoms with Crippen LogP contribution in [0.1, 0.15) is 18.4 Å². The van der Waals surface area contributed by atoms with E-state index >= 15 is 0 Å². The molecule has 0 heterocycles. The Morgan fingerprint density at radius 2 is 2.29 bits per heavy atom. The van der Waals surface area contributed by atoms with Crippen molar-refractivity contribution in [1.29, 1.82) is 0 Å². The highest BCUT2D eigenvalue weighted by atomic mass is 35.5. The molecule has 0 aliphatic carbocycles. The third-order valence-corrected chi connectivity index (χ3v) is 2.68. The Morgan fingerprint density at radius 1 is 1.53 bits per heavy atom. The molecule has 0 saturated heterocycles. The first-order valence-electron chi connectivity index (χ1n) is 5.35. The molecule has 0 bridgehead atoms. The van der Waals surface area contributed by atoms with Crippen LogP contribution >= 0.6 is 11.6 Å². The average Bonchev–Trinajstić information content (AvgIpc) is 2.31. The summed E-state index contributed by atoms with van der Waals surface area (Å²) in [6.07, 6.45) is 1.01. The summed E-state index contributed by atoms with van der Waals surface area (Å²) in [5.74, 6) is -0.561. The van der Waals surface area contributed by atoms with Gasteiger partial charge in [-0.2, -0.15) is 0 Å². The molecule has 0 spiro atoms. The lowest BCUT2D eigenvalue weighted by Crippen LogP contribution is -2.17. The van der Waals surface area contributed by atoms with Crippen LogP contribution in [0, 0.1) is 5.82 Å². The number of ether oxygens (including phenoxy) is 1. The smallest absolute Gasteiger partial charge is 0.305 e. The summed E-state index contributed by atoms with van der Waals surface area (Å²) >= 11 is 5.86. The molecule has 0 saturated carbocycles. The molecule has 1 N–H and O–H groups in total. The maximum absolute atomic E-state index is 13.3. The van der Waals surface area contributed by atoms with Crippen LogP contribution in [0.25, 0.3) is 0 Å². The fourth-order valence-corrected chi connectivity index (χ4v) is 1.60. The van der Waals surface area contributed by atoms with Crippen molar-refractivity contribution in [1.82, 2.24) is 5.32 Å². The first kappa shape index (κ1) is 13.9. The van der Waals surface area contributed by atoms with Gasteiger partial charge in [0.15, 0.2) is 0 Å². The molecular weight excluding hydrogens is 245 g/mol. The summed E-state index contributed by atoms with van der Waals surface area (Å²) < 4.78 is 17.8. The molecule has 0 unspecified atom stereocenters. The molecule has 5 heteroatoms. The Hall–Kier alpha value is -1.13. The highest BCUT2D eigenvalue weighted by Gasteiger charge is 2.06. The van der Waals surface area contributed by atoms with Gasteiger partial charge >= 0.3 is 5.97 Å². The molecule has 94 valence electrons. The van der Waals surface area contributed by atoms with Gasteiger partial charge in [0.25, 0.3) is 0 Å². The Bertz CT molecular complexity index is 365. The van der Waals surface area contributed by atoms with Crippen molar-refractivity contribution < 1.29 is 13.9 Å². The Labute approximate surface area is 105 Å². The quantitative estimate of drug-likeness (QED) is 0.630. The van der Waals surface area contributed by atoms with Crippen LogP contribution in [-0.2, 0) is 16.1 Å². The number of hydrogen-bond acceptors (Lipinski definition) is 3. The van der Waals surface area contributed by atoms with E-state index in [0.29, 0.717) is 36.5 Å². The van der Waals surface area contributed by atoms with E-state index in [4.69, 9.17) is 11.6 Å². The molecule has 0 radical (unpaired) electrons. The molecule has 0 fully saturated rings. The first-order chi connectivity index (χ1) is 8.15. The number of benzene rings is 1. The normalized spacial score (nSPS) is 10.3. The zero-order valence-corrected chi connectivity index (χ0v) is 10.4. The van der Waals surface area contributed by atoms with Gasteiger partial charge in [-0.1, -0.05) is 17.7 Å². The fraction of sp³-hybridized carbons (Fsp3) is 0.417. The Kier molecular flexibility index (Phi) is 5.94. The van der Waals surface area contributed by atoms with Gasteiger partial charge in [0.05, 0.1) is 7.11 Å². The lowest BCUT2D eigenvalue weighted by atomic mass is 10.2. The maximum Gasteiger partial charge on any atom is 0.305 e. The number of esters is 1. The predicted octanol–water partition coefficient (Wildman–Crippen LogP) is 2.52. The summed E-state index contributed by atoms with van der Waals surface area (Å²) in [4.78, 5) is 10.8. The Balaban J connectivity index is 2.29. The van der Waals surface area contributed by atoms with Crippen LogP contribution in [0.2, 0.25) is 5.02 Å². The number of carbonyl (C=O) groups is 1. The molecular formula is C12H15ClFNO2. The second-order valence-corrected chi connectivity index (χ2v) is 3.96. The van der Waals surface area contributed by atoms with Crippen molar-refractivity contribution in [2.75, 3.05) is 13.7 Å². The van der Waals surface area contributed by atoms with Crippen LogP contribution in [-0.4, -0.2) is 19.6 Å². The number of halogens is 2. The van der Waals surface area contributed by atoms with Gasteiger partial charge in [-0.05, 0) is 25.1 Å². The van der Waals surface area contributed by atoms with E-state index in [0.717, 1.165) is 0 Å². The molecule has 3 nitrogen and oxygen atoms in total. The highest BCUT2D eigenvalue weighted by molar-refractivity contribution is 6.31. The number of nitrogens with one attached hydrogen (secondary N) is 1. The average molecular weight is 260 g/mol. The van der Waals surface area contributed by atoms with Gasteiger partial charge in [0.2, 0.25) is 0 Å². The third-order valence-electron chi connectivity index (χ3n) is 2.33. The monoisotopic (exact) mass is 259 g/mol. The van der Waals surface area contributed by atoms with Gasteiger partial charge in [0, 0.05) is 23.6 Å². The van der Waals surface area contributed by atoms with E-state index in [1.54, 1.807) is 12.1 Å². The van der Waals surface area contributed by atoms with E-state index in [1.165, 1.54) is 13.2 Å². The number of rotatable bonds is 6. The molecule has 0 aliphatic rings. The minimum absolute atomic E-state index is 0.240. The number of hydrogen-bond donors (Lipinski definition) is 1. The minimum Gasteiger partial charge on any atom is -0.469 e. The zero-order chi connectivity index (χ0) is 12.7. The molecule has 1 rings (SSSR count). The SMILES string of the molecule is COC(=O)CCCNCc1c(F)cccc1Cl. The van der Waals surface area contributed by atoms with Gasteiger partial charge in [-0.25, -0.2) is 4.39 Å². The van der Waals surface area contributed by atoms with Gasteiger partial charge in [0.1, 0.15) is 5.82 Å². The van der Waals surface area contributed by atoms with E-state index in [1.807, 2.05) is 0 Å². The maximum atomic E-state index is 13.3. The minimum atomic E-state index is -0.321. The van der Waals surface area contributed by atoms with Gasteiger partial charge in [-0.3, -0.25) is 4.79 Å². The van der Waals surface area contributed by atoms with Crippen molar-refractivity contribution >= 4 is 17.6 Å². The number of carbonyl (C=O) groups excluding carboxylic acids is 1. The third kappa shape index (κ3) is 4.71. The lowest BCUT2D eigenvalue weighted by Gasteiger charge is -2.07. The molecule has 1 aromatic rings. The second kappa shape index (κ2) is 7.25. The van der Waals surface area contributed by atoms with Crippen LogP contribution < -0.4 is 5.32 Å². The van der Waals surface area contributed by atoms with E-state index in [9.17, 15) is 9.18 Å². The topological polar surface area (TPSA) is 38.3 Å². The summed E-state index contributed by atoms with van der Waals surface area (Å²) in [5, 5.41) is 3.44. The van der Waals surface area contributed by atoms with Crippen LogP contribution in [0.3, 0.4) is 0 Å². The van der Waals surface area contributed by atoms with Crippen molar-refractivity contribution in [2.45, 2.75) is 19.4 Å². The zero-order valence-electron chi connectivity index (χ0n) is 9.63. The van der Waals surface area contributed by atoms with Crippen molar-refractivity contribution in [3.8, 4) is 0 Å². The Morgan fingerprint density at radius 3 is 2.94 bits per heavy atom. The largest absolute Gasteiger partial charge is 0.469 e. The number of methoxy groups -OCH3 is 1. The summed E-state index contributed by atoms with van der Waals surface area (Å²) in [6, 6.07) is 4.59. The standard InChI is InChI=1S/C12H15ClFNO2/c1-17-12(16)6-3-7-15-8-9-10(13)4-2-5-11(9)14/h2,4-5,15H,3,6-8H2,1H3. The summed E-state index contributed by atoms with van der Waals surface area (Å²) in [7, 11) is 1.36. The van der Waals surface area contributed by atoms with Gasteiger partial charge in [-0.15, -0.1) is 0 Å². The van der Waals surface area contributed by atoms with E-state index in [2.05, 4.69) is 10.1 Å². The first-order valence-corrected chi connectivity index (χ1v) is 5.73. The van der Waals surface area contributed by atoms with Crippen molar-refractivity contribution in [3.63, 3.8) is 0 Å². The highest BCUT2D eigenvalue weighted by Crippen LogP contribution is 2.18. The van der Waals surface area contributed by atoms with Crippen LogP contribution in [0.15, 0.2) is 18.2 Å². The molecule has 1 aromatic carbocycles. The van der Waals surface area contributed by atoms with Crippen LogP contribution in [0.5, 0.6) is 0 Å². The van der Waals surface area contributed by atoms with Crippen molar-refractivity contribution in [3.05, 3.63) is 34.6 Å². The lowest BCUT2D eigenvalue weighted by molar-refractivity contribution is -0.140. The van der Waals surface area contributed by atoms with E-state index in [-0.39, 0.29) is 11.8 Å². The molecule has 0 aromatic heterocycles. The molecule has 0 amide bonds. The molecule has 0 atom stereocenters. The van der Waals surface area contributed by atoms with E-state index < -0.39 is 0 Å². The van der Waals surface area contributed by atoms with Crippen LogP contribution in [0.4, 0.5) is 4.39 Å².